The number of nitrogens with one attached hydrogen (secondary N) is 1. The summed E-state index contributed by atoms with van der Waals surface area (Å²) in [6.45, 7) is 0.790. The van der Waals surface area contributed by atoms with Gasteiger partial charge < -0.3 is 10.4 Å². The molecule has 1 aromatic rings. The molecule has 0 unspecified atom stereocenters. The van der Waals surface area contributed by atoms with E-state index in [9.17, 15) is 9.59 Å². The summed E-state index contributed by atoms with van der Waals surface area (Å²) < 4.78 is 0.963. The number of likely N-dealkylation sites (tertiary alicyclic amines) is 1. The van der Waals surface area contributed by atoms with Crippen LogP contribution in [0.5, 0.6) is 0 Å². The SMILES string of the molecule is Cl.O=C(CN1CCC[C@H]1C(=O)O)Nc1ccccc1I. The topological polar surface area (TPSA) is 69.6 Å². The van der Waals surface area contributed by atoms with Crippen molar-refractivity contribution in [2.45, 2.75) is 18.9 Å². The molecule has 0 saturated carbocycles. The van der Waals surface area contributed by atoms with Gasteiger partial charge in [0, 0.05) is 3.57 Å². The number of carboxylic acid groups (broad SMARTS) is 1. The normalized spacial score (nSPS) is 18.4. The van der Waals surface area contributed by atoms with Crippen LogP contribution in [0.25, 0.3) is 0 Å². The van der Waals surface area contributed by atoms with Crippen LogP contribution in [-0.2, 0) is 9.59 Å². The largest absolute Gasteiger partial charge is 0.480 e. The number of carbonyl (C=O) groups excluding carboxylic acids is 1. The average molecular weight is 411 g/mol. The summed E-state index contributed by atoms with van der Waals surface area (Å²) in [5.41, 5.74) is 0.763. The summed E-state index contributed by atoms with van der Waals surface area (Å²) >= 11 is 2.15. The Bertz CT molecular complexity index is 498. The zero-order chi connectivity index (χ0) is 13.8. The number of nitrogens with zero attached hydrogens (tertiary/aromatic N) is 1. The lowest BCUT2D eigenvalue weighted by Gasteiger charge is -2.20. The fraction of sp³-hybridized carbons (Fsp3) is 0.385. The van der Waals surface area contributed by atoms with Crippen LogP contribution in [0.2, 0.25) is 0 Å². The minimum absolute atomic E-state index is 0. The summed E-state index contributed by atoms with van der Waals surface area (Å²) in [6.07, 6.45) is 1.44. The maximum Gasteiger partial charge on any atom is 0.320 e. The van der Waals surface area contributed by atoms with E-state index in [2.05, 4.69) is 27.9 Å². The maximum atomic E-state index is 11.9. The lowest BCUT2D eigenvalue weighted by Crippen LogP contribution is -2.40. The van der Waals surface area contributed by atoms with Crippen molar-refractivity contribution in [2.75, 3.05) is 18.4 Å². The number of hydrogen-bond donors (Lipinski definition) is 2. The number of carboxylic acids is 1. The molecular formula is C13H16ClIN2O3. The molecule has 1 aliphatic rings. The molecule has 5 nitrogen and oxygen atoms in total. The van der Waals surface area contributed by atoms with Gasteiger partial charge in [-0.25, -0.2) is 0 Å². The first-order valence-electron chi connectivity index (χ1n) is 6.09. The van der Waals surface area contributed by atoms with Gasteiger partial charge >= 0.3 is 5.97 Å². The first kappa shape index (κ1) is 17.2. The number of amides is 1. The minimum atomic E-state index is -0.848. The van der Waals surface area contributed by atoms with Crippen molar-refractivity contribution < 1.29 is 14.7 Å². The number of anilines is 1. The molecule has 20 heavy (non-hydrogen) atoms. The Hall–Kier alpha value is -0.860. The van der Waals surface area contributed by atoms with E-state index < -0.39 is 12.0 Å². The molecule has 0 aliphatic carbocycles. The van der Waals surface area contributed by atoms with Crippen molar-refractivity contribution in [1.29, 1.82) is 0 Å². The predicted octanol–water partition coefficient (Wildman–Crippen LogP) is 2.20. The molecule has 1 atom stereocenters. The van der Waals surface area contributed by atoms with Crippen molar-refractivity contribution in [3.8, 4) is 0 Å². The van der Waals surface area contributed by atoms with Crippen LogP contribution in [0, 0.1) is 3.57 Å². The summed E-state index contributed by atoms with van der Waals surface area (Å²) in [5.74, 6) is -1.02. The third-order valence-electron chi connectivity index (χ3n) is 3.14. The van der Waals surface area contributed by atoms with Gasteiger partial charge in [-0.15, -0.1) is 12.4 Å². The van der Waals surface area contributed by atoms with Crippen molar-refractivity contribution in [3.05, 3.63) is 27.8 Å². The molecule has 0 radical (unpaired) electrons. The Morgan fingerprint density at radius 2 is 2.10 bits per heavy atom. The van der Waals surface area contributed by atoms with Gasteiger partial charge in [0.1, 0.15) is 6.04 Å². The van der Waals surface area contributed by atoms with Gasteiger partial charge in [0.05, 0.1) is 12.2 Å². The lowest BCUT2D eigenvalue weighted by atomic mass is 10.2. The van der Waals surface area contributed by atoms with Gasteiger partial charge in [-0.1, -0.05) is 12.1 Å². The monoisotopic (exact) mass is 410 g/mol. The van der Waals surface area contributed by atoms with Crippen molar-refractivity contribution in [1.82, 2.24) is 4.90 Å². The summed E-state index contributed by atoms with van der Waals surface area (Å²) in [5, 5.41) is 11.9. The van der Waals surface area contributed by atoms with Gasteiger partial charge in [-0.3, -0.25) is 14.5 Å². The molecule has 7 heteroatoms. The summed E-state index contributed by atoms with van der Waals surface area (Å²) in [6, 6.07) is 6.97. The molecule has 2 N–H and O–H groups in total. The smallest absolute Gasteiger partial charge is 0.320 e. The highest BCUT2D eigenvalue weighted by Gasteiger charge is 2.31. The van der Waals surface area contributed by atoms with Crippen LogP contribution in [-0.4, -0.2) is 41.0 Å². The molecule has 110 valence electrons. The molecule has 0 bridgehead atoms. The predicted molar refractivity (Wildman–Crippen MR) is 87.3 cm³/mol. The molecule has 1 aromatic carbocycles. The standard InChI is InChI=1S/C13H15IN2O3.ClH/c14-9-4-1-2-5-10(9)15-12(17)8-16-7-3-6-11(16)13(18)19;/h1-2,4-5,11H,3,6-8H2,(H,15,17)(H,18,19);1H/t11-;/m0./s1. The fourth-order valence-electron chi connectivity index (χ4n) is 2.23. The van der Waals surface area contributed by atoms with E-state index in [0.29, 0.717) is 13.0 Å². The second kappa shape index (κ2) is 7.80. The first-order valence-corrected chi connectivity index (χ1v) is 7.17. The Morgan fingerprint density at radius 3 is 2.75 bits per heavy atom. The Balaban J connectivity index is 0.00000200. The summed E-state index contributed by atoms with van der Waals surface area (Å²) in [4.78, 5) is 24.7. The Kier molecular flexibility index (Phi) is 6.70. The van der Waals surface area contributed by atoms with E-state index in [1.165, 1.54) is 0 Å². The number of hydrogen-bond acceptors (Lipinski definition) is 3. The molecule has 1 heterocycles. The number of carbonyl (C=O) groups is 2. The van der Waals surface area contributed by atoms with E-state index in [4.69, 9.17) is 5.11 Å². The molecule has 2 rings (SSSR count). The highest BCUT2D eigenvalue weighted by atomic mass is 127. The highest BCUT2D eigenvalue weighted by Crippen LogP contribution is 2.19. The van der Waals surface area contributed by atoms with Gasteiger partial charge in [0.25, 0.3) is 0 Å². The molecular weight excluding hydrogens is 395 g/mol. The Labute approximate surface area is 137 Å². The van der Waals surface area contributed by atoms with Gasteiger partial charge in [-0.05, 0) is 54.1 Å². The third kappa shape index (κ3) is 4.32. The second-order valence-corrected chi connectivity index (χ2v) is 5.66. The van der Waals surface area contributed by atoms with Crippen molar-refractivity contribution >= 4 is 52.6 Å². The van der Waals surface area contributed by atoms with Crippen LogP contribution < -0.4 is 5.32 Å². The van der Waals surface area contributed by atoms with Gasteiger partial charge in [-0.2, -0.15) is 0 Å². The molecule has 1 aliphatic heterocycles. The summed E-state index contributed by atoms with van der Waals surface area (Å²) in [7, 11) is 0. The van der Waals surface area contributed by atoms with E-state index in [1.807, 2.05) is 24.3 Å². The van der Waals surface area contributed by atoms with Crippen LogP contribution in [0.15, 0.2) is 24.3 Å². The maximum absolute atomic E-state index is 11.9. The van der Waals surface area contributed by atoms with E-state index >= 15 is 0 Å². The van der Waals surface area contributed by atoms with Crippen molar-refractivity contribution in [2.24, 2.45) is 0 Å². The fourth-order valence-corrected chi connectivity index (χ4v) is 2.75. The van der Waals surface area contributed by atoms with E-state index in [0.717, 1.165) is 15.7 Å². The number of benzene rings is 1. The average Bonchev–Trinajstić information content (AvgIpc) is 2.80. The zero-order valence-corrected chi connectivity index (χ0v) is 13.7. The molecule has 1 amide bonds. The number of para-hydroxylation sites is 1. The van der Waals surface area contributed by atoms with E-state index in [-0.39, 0.29) is 24.9 Å². The third-order valence-corrected chi connectivity index (χ3v) is 4.08. The van der Waals surface area contributed by atoms with Crippen LogP contribution in [0.4, 0.5) is 5.69 Å². The van der Waals surface area contributed by atoms with Crippen molar-refractivity contribution in [3.63, 3.8) is 0 Å². The second-order valence-electron chi connectivity index (χ2n) is 4.49. The van der Waals surface area contributed by atoms with Gasteiger partial charge in [0.2, 0.25) is 5.91 Å². The highest BCUT2D eigenvalue weighted by molar-refractivity contribution is 14.1. The first-order chi connectivity index (χ1) is 9.08. The minimum Gasteiger partial charge on any atom is -0.480 e. The lowest BCUT2D eigenvalue weighted by molar-refractivity contribution is -0.142. The molecule has 0 aromatic heterocycles. The number of aliphatic carboxylic acids is 1. The zero-order valence-electron chi connectivity index (χ0n) is 10.7. The van der Waals surface area contributed by atoms with E-state index in [1.54, 1.807) is 4.90 Å². The number of rotatable bonds is 4. The number of halogens is 2. The Morgan fingerprint density at radius 1 is 1.40 bits per heavy atom. The molecule has 1 saturated heterocycles. The van der Waals surface area contributed by atoms with Crippen LogP contribution in [0.3, 0.4) is 0 Å². The quantitative estimate of drug-likeness (QED) is 0.747. The molecule has 1 fully saturated rings. The van der Waals surface area contributed by atoms with Gasteiger partial charge in [0.15, 0.2) is 0 Å². The van der Waals surface area contributed by atoms with Crippen LogP contribution >= 0.6 is 35.0 Å². The molecule has 0 spiro atoms. The van der Waals surface area contributed by atoms with Crippen LogP contribution in [0.1, 0.15) is 12.8 Å².